The van der Waals surface area contributed by atoms with Crippen LogP contribution in [-0.2, 0) is 0 Å². The Morgan fingerprint density at radius 2 is 1.07 bits per heavy atom. The van der Waals surface area contributed by atoms with Gasteiger partial charge in [-0.1, -0.05) is 157 Å². The number of aryl methyl sites for hydroxylation is 1. The molecule has 0 spiro atoms. The number of furan rings is 1. The normalized spacial score (nSPS) is 15.7. The van der Waals surface area contributed by atoms with Crippen molar-refractivity contribution >= 4 is 65.5 Å². The first kappa shape index (κ1) is 26.8. The number of thiol groups is 1. The lowest BCUT2D eigenvalue weighted by Crippen LogP contribution is -2.05. The molecule has 0 bridgehead atoms. The maximum Gasteiger partial charge on any atom is 0.169 e. The topological polar surface area (TPSA) is 51.8 Å². The molecule has 8 aromatic carbocycles. The highest BCUT2D eigenvalue weighted by Crippen LogP contribution is 2.38. The standard InChI is InChI=1S/C51H33N3OS/c1-31-18-20-35(21-19-31)48-52-49(36-26-27-42-40-14-6-5-12-38(40)39-13-7-8-15-41(39)44(42)30-36)54-50(53-48)46-29-28-43-47-37(16-9-17-45(47)55-51(43)56-46)34-24-22-33(23-25-34)32-10-3-2-4-11-32/h2-30,56H,1H3/i9D,16D,17D,28D,29D,56D. The van der Waals surface area contributed by atoms with Crippen LogP contribution in [0.1, 0.15) is 18.2 Å². The maximum absolute atomic E-state index is 9.74. The summed E-state index contributed by atoms with van der Waals surface area (Å²) in [5.74, 6) is 0.759. The monoisotopic (exact) mass is 741 g/mol. The van der Waals surface area contributed by atoms with E-state index in [2.05, 4.69) is 42.5 Å². The molecule has 1 atom stereocenters. The van der Waals surface area contributed by atoms with Gasteiger partial charge in [-0.25, -0.2) is 15.0 Å². The third kappa shape index (κ3) is 5.47. The highest BCUT2D eigenvalue weighted by atomic mass is 32.1. The second kappa shape index (κ2) is 13.1. The zero-order valence-electron chi connectivity index (χ0n) is 36.0. The van der Waals surface area contributed by atoms with Gasteiger partial charge in [0, 0.05) is 26.6 Å². The number of fused-ring (bicyclic) bond motifs is 9. The van der Waals surface area contributed by atoms with Crippen molar-refractivity contribution in [3.05, 3.63) is 191 Å². The predicted octanol–water partition coefficient (Wildman–Crippen LogP) is 12.6. The first-order chi connectivity index (χ1) is 30.2. The number of hydrogen-bond acceptors (Lipinski definition) is 4. The summed E-state index contributed by atoms with van der Waals surface area (Å²) in [6.07, 6.45) is 0. The van der Waals surface area contributed by atoms with Gasteiger partial charge in [-0.2, -0.15) is 0 Å². The Morgan fingerprint density at radius 3 is 1.79 bits per heavy atom. The Kier molecular flexibility index (Phi) is 6.27. The summed E-state index contributed by atoms with van der Waals surface area (Å²) in [5, 5.41) is 7.07. The second-order valence-corrected chi connectivity index (χ2v) is 14.9. The van der Waals surface area contributed by atoms with E-state index >= 15 is 0 Å². The van der Waals surface area contributed by atoms with Gasteiger partial charge in [-0.05, 0) is 85.7 Å². The van der Waals surface area contributed by atoms with Gasteiger partial charge >= 0.3 is 0 Å². The van der Waals surface area contributed by atoms with Crippen molar-refractivity contribution < 1.29 is 11.3 Å². The van der Waals surface area contributed by atoms with Crippen LogP contribution < -0.4 is 5.22 Å². The minimum Gasteiger partial charge on any atom is -0.450 e. The fourth-order valence-corrected chi connectivity index (χ4v) is 8.49. The highest BCUT2D eigenvalue weighted by Gasteiger charge is 2.18. The molecule has 0 radical (unpaired) electrons. The lowest BCUT2D eigenvalue weighted by molar-refractivity contribution is 0.595. The fourth-order valence-electron chi connectivity index (χ4n) is 7.64. The van der Waals surface area contributed by atoms with Gasteiger partial charge in [0.05, 0.1) is 6.85 Å². The molecule has 1 aliphatic heterocycles. The smallest absolute Gasteiger partial charge is 0.169 e. The summed E-state index contributed by atoms with van der Waals surface area (Å²) in [4.78, 5) is 14.9. The number of nitrogens with zero attached hydrogens (tertiary/aromatic N) is 3. The molecule has 0 fully saturated rings. The predicted molar refractivity (Wildman–Crippen MR) is 235 cm³/mol. The Balaban J connectivity index is 1.14. The van der Waals surface area contributed by atoms with Crippen LogP contribution in [0.25, 0.3) is 99.3 Å². The molecule has 56 heavy (non-hydrogen) atoms. The van der Waals surface area contributed by atoms with Gasteiger partial charge < -0.3 is 4.42 Å². The van der Waals surface area contributed by atoms with Crippen molar-refractivity contribution in [2.75, 3.05) is 0 Å². The van der Waals surface area contributed by atoms with Gasteiger partial charge in [-0.3, -0.25) is 0 Å². The molecule has 1 unspecified atom stereocenters. The molecule has 1 aliphatic rings. The SMILES string of the molecule is [2H]C1=C(c2nc(-c3ccc(C)cc3)nc(-c3ccc4c5ccccc5c5ccccc5c4c3)n2)S([2H])=c2oc3c([2H])c([2H])c([2H])c(-c4ccc(-c5ccccc5)cc4)c3c2=C1[2H]. The van der Waals surface area contributed by atoms with E-state index in [9.17, 15) is 3.87 Å². The summed E-state index contributed by atoms with van der Waals surface area (Å²) in [6, 6.07) is 46.7. The third-order valence-electron chi connectivity index (χ3n) is 10.4. The maximum atomic E-state index is 9.74. The molecule has 264 valence electrons. The van der Waals surface area contributed by atoms with Crippen LogP contribution in [0, 0.1) is 11.6 Å². The van der Waals surface area contributed by atoms with Crippen molar-refractivity contribution in [2.45, 2.75) is 6.92 Å². The Bertz CT molecular complexity index is 3670. The lowest BCUT2D eigenvalue weighted by atomic mass is 9.93. The van der Waals surface area contributed by atoms with Crippen molar-refractivity contribution in [2.24, 2.45) is 0 Å². The average Bonchev–Trinajstić information content (AvgIpc) is 3.72. The summed E-state index contributed by atoms with van der Waals surface area (Å²) in [6.45, 7) is 2.00. The summed E-state index contributed by atoms with van der Waals surface area (Å²) < 4.78 is 61.9. The van der Waals surface area contributed by atoms with Crippen molar-refractivity contribution in [3.63, 3.8) is 0 Å². The Labute approximate surface area is 334 Å². The molecule has 0 N–H and O–H groups in total. The van der Waals surface area contributed by atoms with E-state index in [1.54, 1.807) is 0 Å². The zero-order valence-corrected chi connectivity index (χ0v) is 30.8. The molecule has 3 heterocycles. The van der Waals surface area contributed by atoms with Gasteiger partial charge in [0.15, 0.2) is 22.2 Å². The number of allylic oxidation sites excluding steroid dienone is 1. The van der Waals surface area contributed by atoms with E-state index in [4.69, 9.17) is 23.5 Å². The van der Waals surface area contributed by atoms with E-state index in [0.717, 1.165) is 60.1 Å². The van der Waals surface area contributed by atoms with E-state index in [1.165, 1.54) is 0 Å². The van der Waals surface area contributed by atoms with Crippen LogP contribution in [0.3, 0.4) is 0 Å². The highest BCUT2D eigenvalue weighted by molar-refractivity contribution is 8.00. The summed E-state index contributed by atoms with van der Waals surface area (Å²) in [5.41, 5.74) is 5.38. The molecular weight excluding hydrogens is 703 g/mol. The number of rotatable bonds is 5. The average molecular weight is 742 g/mol. The minimum atomic E-state index is -1.77. The van der Waals surface area contributed by atoms with Gasteiger partial charge in [-0.15, -0.1) is 11.3 Å². The molecule has 0 saturated heterocycles. The van der Waals surface area contributed by atoms with Crippen LogP contribution in [-0.4, -0.2) is 16.1 Å². The van der Waals surface area contributed by atoms with Crippen LogP contribution in [0.2, 0.25) is 0 Å². The molecular formula is C51H33N3OS. The van der Waals surface area contributed by atoms with Gasteiger partial charge in [0.1, 0.15) is 6.71 Å². The minimum absolute atomic E-state index is 0.00530. The first-order valence-corrected chi connectivity index (χ1v) is 19.2. The van der Waals surface area contributed by atoms with Crippen molar-refractivity contribution in [1.29, 1.82) is 1.12 Å². The van der Waals surface area contributed by atoms with E-state index in [0.29, 0.717) is 22.8 Å². The van der Waals surface area contributed by atoms with E-state index in [1.807, 2.05) is 110 Å². The van der Waals surface area contributed by atoms with Crippen LogP contribution in [0.4, 0.5) is 0 Å². The number of hydrogen-bond donors (Lipinski definition) is 1. The number of benzene rings is 8. The second-order valence-electron chi connectivity index (χ2n) is 13.9. The molecule has 4 nitrogen and oxygen atoms in total. The van der Waals surface area contributed by atoms with Crippen LogP contribution in [0.15, 0.2) is 174 Å². The molecule has 2 aromatic heterocycles. The molecule has 10 aromatic rings. The molecule has 0 saturated carbocycles. The third-order valence-corrected chi connectivity index (χ3v) is 11.4. The summed E-state index contributed by atoms with van der Waals surface area (Å²) >= 11 is -1.77. The Morgan fingerprint density at radius 1 is 0.518 bits per heavy atom. The molecule has 11 rings (SSSR count). The Hall–Kier alpha value is -6.95. The largest absolute Gasteiger partial charge is 0.450 e. The first-order valence-electron chi connectivity index (χ1n) is 21.3. The summed E-state index contributed by atoms with van der Waals surface area (Å²) in [7, 11) is 0. The molecule has 5 heteroatoms. The van der Waals surface area contributed by atoms with Crippen LogP contribution >= 0.6 is 11.3 Å². The van der Waals surface area contributed by atoms with E-state index in [-0.39, 0.29) is 61.9 Å². The van der Waals surface area contributed by atoms with Gasteiger partial charge in [0.2, 0.25) is 0 Å². The van der Waals surface area contributed by atoms with Crippen LogP contribution in [0.5, 0.6) is 0 Å². The lowest BCUT2D eigenvalue weighted by Gasteiger charge is -2.13. The van der Waals surface area contributed by atoms with Crippen molar-refractivity contribution in [3.8, 4) is 45.0 Å². The van der Waals surface area contributed by atoms with Crippen molar-refractivity contribution in [1.82, 2.24) is 15.0 Å². The molecule has 0 amide bonds. The quantitative estimate of drug-likeness (QED) is 0.108. The number of aromatic nitrogens is 3. The fraction of sp³-hybridized carbons (Fsp3) is 0.0196. The molecule has 0 aliphatic carbocycles. The van der Waals surface area contributed by atoms with E-state index < -0.39 is 11.3 Å². The van der Waals surface area contributed by atoms with Gasteiger partial charge in [0.25, 0.3) is 0 Å². The zero-order chi connectivity index (χ0) is 42.4.